The van der Waals surface area contributed by atoms with Crippen molar-refractivity contribution in [3.8, 4) is 0 Å². The summed E-state index contributed by atoms with van der Waals surface area (Å²) in [7, 11) is 1.74. The molecule has 1 atom stereocenters. The number of rotatable bonds is 4. The molecule has 0 aliphatic rings. The number of fused-ring (bicyclic) bond motifs is 1. The zero-order chi connectivity index (χ0) is 14.2. The number of anilines is 1. The van der Waals surface area contributed by atoms with Gasteiger partial charge < -0.3 is 9.88 Å². The average Bonchev–Trinajstić information content (AvgIpc) is 2.76. The van der Waals surface area contributed by atoms with Gasteiger partial charge in [-0.05, 0) is 20.3 Å². The molecule has 0 bridgehead atoms. The van der Waals surface area contributed by atoms with Crippen LogP contribution in [0.2, 0.25) is 0 Å². The van der Waals surface area contributed by atoms with Gasteiger partial charge in [-0.25, -0.2) is 4.79 Å². The standard InChI is InChI=1S/C12H19N5O2/c1-5-7(3)17-9-8(10(18)15-12(17)19)16(6-2)11(13-4)14-9/h7H,5-6H2,1-4H3,(H,13,14)(H,15,18,19). The fourth-order valence-electron chi connectivity index (χ4n) is 2.24. The molecular formula is C12H19N5O2. The summed E-state index contributed by atoms with van der Waals surface area (Å²) in [6.45, 7) is 6.46. The molecule has 2 N–H and O–H groups in total. The van der Waals surface area contributed by atoms with E-state index in [2.05, 4.69) is 15.3 Å². The van der Waals surface area contributed by atoms with Gasteiger partial charge in [-0.15, -0.1) is 0 Å². The minimum Gasteiger partial charge on any atom is -0.359 e. The number of hydrogen-bond donors (Lipinski definition) is 2. The fourth-order valence-corrected chi connectivity index (χ4v) is 2.24. The smallest absolute Gasteiger partial charge is 0.330 e. The maximum atomic E-state index is 12.0. The number of aromatic nitrogens is 4. The lowest BCUT2D eigenvalue weighted by Crippen LogP contribution is -2.32. The van der Waals surface area contributed by atoms with Crippen molar-refractivity contribution in [2.75, 3.05) is 12.4 Å². The van der Waals surface area contributed by atoms with Crippen molar-refractivity contribution in [2.45, 2.75) is 39.8 Å². The normalized spacial score (nSPS) is 12.8. The molecule has 0 aromatic carbocycles. The maximum absolute atomic E-state index is 12.0. The van der Waals surface area contributed by atoms with Crippen LogP contribution < -0.4 is 16.6 Å². The highest BCUT2D eigenvalue weighted by Crippen LogP contribution is 2.18. The van der Waals surface area contributed by atoms with Crippen molar-refractivity contribution in [1.29, 1.82) is 0 Å². The van der Waals surface area contributed by atoms with Crippen LogP contribution in [-0.2, 0) is 6.54 Å². The summed E-state index contributed by atoms with van der Waals surface area (Å²) < 4.78 is 3.32. The highest BCUT2D eigenvalue weighted by Gasteiger charge is 2.19. The van der Waals surface area contributed by atoms with E-state index in [0.29, 0.717) is 23.7 Å². The van der Waals surface area contributed by atoms with Gasteiger partial charge in [-0.1, -0.05) is 6.92 Å². The zero-order valence-corrected chi connectivity index (χ0v) is 11.6. The molecule has 0 spiro atoms. The molecule has 104 valence electrons. The molecule has 7 heteroatoms. The van der Waals surface area contributed by atoms with Crippen LogP contribution in [0.5, 0.6) is 0 Å². The molecule has 2 rings (SSSR count). The van der Waals surface area contributed by atoms with Crippen molar-refractivity contribution in [3.63, 3.8) is 0 Å². The summed E-state index contributed by atoms with van der Waals surface area (Å²) in [6.07, 6.45) is 0.787. The molecule has 2 aromatic rings. The van der Waals surface area contributed by atoms with Crippen molar-refractivity contribution in [3.05, 3.63) is 20.8 Å². The van der Waals surface area contributed by atoms with E-state index in [4.69, 9.17) is 0 Å². The molecule has 0 aliphatic heterocycles. The minimum absolute atomic E-state index is 0.0169. The van der Waals surface area contributed by atoms with E-state index in [0.717, 1.165) is 6.42 Å². The van der Waals surface area contributed by atoms with Crippen LogP contribution in [-0.4, -0.2) is 26.1 Å². The molecule has 0 aliphatic carbocycles. The molecule has 0 saturated carbocycles. The number of imidazole rings is 1. The summed E-state index contributed by atoms with van der Waals surface area (Å²) in [5, 5.41) is 2.95. The third-order valence-electron chi connectivity index (χ3n) is 3.40. The van der Waals surface area contributed by atoms with Crippen molar-refractivity contribution in [2.24, 2.45) is 0 Å². The second-order valence-corrected chi connectivity index (χ2v) is 4.49. The van der Waals surface area contributed by atoms with Crippen LogP contribution in [0.1, 0.15) is 33.2 Å². The summed E-state index contributed by atoms with van der Waals surface area (Å²) in [5.41, 5.74) is 0.0757. The van der Waals surface area contributed by atoms with Gasteiger partial charge in [0.1, 0.15) is 0 Å². The van der Waals surface area contributed by atoms with E-state index in [1.165, 1.54) is 0 Å². The highest BCUT2D eigenvalue weighted by atomic mass is 16.2. The SMILES string of the molecule is CCC(C)n1c(=O)[nH]c(=O)c2c1nc(NC)n2CC. The van der Waals surface area contributed by atoms with Gasteiger partial charge in [-0.3, -0.25) is 14.3 Å². The van der Waals surface area contributed by atoms with Crippen LogP contribution in [0, 0.1) is 0 Å². The predicted octanol–water partition coefficient (Wildman–Crippen LogP) is 0.919. The Balaban J connectivity index is 2.95. The first-order chi connectivity index (χ1) is 9.04. The Bertz CT molecular complexity index is 709. The van der Waals surface area contributed by atoms with E-state index >= 15 is 0 Å². The molecule has 19 heavy (non-hydrogen) atoms. The molecular weight excluding hydrogens is 246 g/mol. The molecule has 1 unspecified atom stereocenters. The van der Waals surface area contributed by atoms with Gasteiger partial charge in [-0.2, -0.15) is 4.98 Å². The highest BCUT2D eigenvalue weighted by molar-refractivity contribution is 5.74. The summed E-state index contributed by atoms with van der Waals surface area (Å²) in [4.78, 5) is 30.8. The predicted molar refractivity (Wildman–Crippen MR) is 74.8 cm³/mol. The lowest BCUT2D eigenvalue weighted by atomic mass is 10.2. The van der Waals surface area contributed by atoms with Gasteiger partial charge in [0, 0.05) is 19.6 Å². The van der Waals surface area contributed by atoms with E-state index < -0.39 is 11.2 Å². The maximum Gasteiger partial charge on any atom is 0.330 e. The van der Waals surface area contributed by atoms with E-state index in [9.17, 15) is 9.59 Å². The van der Waals surface area contributed by atoms with Crippen molar-refractivity contribution >= 4 is 17.1 Å². The third kappa shape index (κ3) is 1.94. The lowest BCUT2D eigenvalue weighted by Gasteiger charge is -2.12. The van der Waals surface area contributed by atoms with Crippen LogP contribution in [0.3, 0.4) is 0 Å². The van der Waals surface area contributed by atoms with E-state index in [1.807, 2.05) is 20.8 Å². The second kappa shape index (κ2) is 4.91. The molecule has 0 radical (unpaired) electrons. The van der Waals surface area contributed by atoms with Crippen molar-refractivity contribution in [1.82, 2.24) is 19.1 Å². The van der Waals surface area contributed by atoms with Gasteiger partial charge >= 0.3 is 5.69 Å². The van der Waals surface area contributed by atoms with Crippen LogP contribution in [0.25, 0.3) is 11.2 Å². The largest absolute Gasteiger partial charge is 0.359 e. The number of aryl methyl sites for hydroxylation is 1. The number of aromatic amines is 1. The van der Waals surface area contributed by atoms with Crippen LogP contribution in [0.4, 0.5) is 5.95 Å². The molecule has 0 fully saturated rings. The Morgan fingerprint density at radius 1 is 1.37 bits per heavy atom. The van der Waals surface area contributed by atoms with E-state index in [-0.39, 0.29) is 6.04 Å². The van der Waals surface area contributed by atoms with Gasteiger partial charge in [0.2, 0.25) is 5.95 Å². The number of hydrogen-bond acceptors (Lipinski definition) is 4. The minimum atomic E-state index is -0.407. The molecule has 2 heterocycles. The fraction of sp³-hybridized carbons (Fsp3) is 0.583. The Morgan fingerprint density at radius 3 is 2.58 bits per heavy atom. The zero-order valence-electron chi connectivity index (χ0n) is 11.6. The second-order valence-electron chi connectivity index (χ2n) is 4.49. The van der Waals surface area contributed by atoms with Crippen LogP contribution in [0.15, 0.2) is 9.59 Å². The molecule has 0 saturated heterocycles. The Hall–Kier alpha value is -2.05. The molecule has 2 aromatic heterocycles. The number of nitrogens with zero attached hydrogens (tertiary/aromatic N) is 3. The van der Waals surface area contributed by atoms with E-state index in [1.54, 1.807) is 16.2 Å². The Labute approximate surface area is 110 Å². The third-order valence-corrected chi connectivity index (χ3v) is 3.40. The van der Waals surface area contributed by atoms with Gasteiger partial charge in [0.15, 0.2) is 11.2 Å². The first kappa shape index (κ1) is 13.4. The average molecular weight is 265 g/mol. The summed E-state index contributed by atoms with van der Waals surface area (Å²) >= 11 is 0. The summed E-state index contributed by atoms with van der Waals surface area (Å²) in [6, 6.07) is -0.0169. The molecule has 0 amide bonds. The monoisotopic (exact) mass is 265 g/mol. The van der Waals surface area contributed by atoms with Gasteiger partial charge in [0.05, 0.1) is 0 Å². The topological polar surface area (TPSA) is 84.7 Å². The van der Waals surface area contributed by atoms with Crippen molar-refractivity contribution < 1.29 is 0 Å². The Morgan fingerprint density at radius 2 is 2.05 bits per heavy atom. The first-order valence-corrected chi connectivity index (χ1v) is 6.47. The Kier molecular flexibility index (Phi) is 3.46. The summed E-state index contributed by atoms with van der Waals surface area (Å²) in [5.74, 6) is 0.589. The quantitative estimate of drug-likeness (QED) is 0.861. The number of H-pyrrole nitrogens is 1. The van der Waals surface area contributed by atoms with Gasteiger partial charge in [0.25, 0.3) is 5.56 Å². The number of nitrogens with one attached hydrogen (secondary N) is 2. The first-order valence-electron chi connectivity index (χ1n) is 6.47. The lowest BCUT2D eigenvalue weighted by molar-refractivity contribution is 0.517. The molecule has 7 nitrogen and oxygen atoms in total. The van der Waals surface area contributed by atoms with Crippen LogP contribution >= 0.6 is 0 Å².